The summed E-state index contributed by atoms with van der Waals surface area (Å²) in [6.07, 6.45) is 2.53. The largest absolute Gasteiger partial charge is 0.381 e. The van der Waals surface area contributed by atoms with E-state index < -0.39 is 0 Å². The maximum Gasteiger partial charge on any atom is 0.0472 e. The highest BCUT2D eigenvalue weighted by Gasteiger charge is 2.48. The summed E-state index contributed by atoms with van der Waals surface area (Å²) in [5.41, 5.74) is 0.604. The lowest BCUT2D eigenvalue weighted by molar-refractivity contribution is -0.0597. The molecule has 0 aliphatic carbocycles. The van der Waals surface area contributed by atoms with Crippen LogP contribution in [0.25, 0.3) is 0 Å². The maximum atomic E-state index is 5.40. The summed E-state index contributed by atoms with van der Waals surface area (Å²) >= 11 is 0. The first kappa shape index (κ1) is 12.0. The van der Waals surface area contributed by atoms with E-state index in [0.29, 0.717) is 5.41 Å². The summed E-state index contributed by atoms with van der Waals surface area (Å²) in [6.45, 7) is 11.8. The van der Waals surface area contributed by atoms with Crippen LogP contribution in [0.2, 0.25) is 0 Å². The normalized spacial score (nSPS) is 29.4. The molecule has 2 saturated heterocycles. The van der Waals surface area contributed by atoms with Crippen LogP contribution in [0.1, 0.15) is 40.5 Å². The molecule has 1 spiro atoms. The van der Waals surface area contributed by atoms with Gasteiger partial charge in [-0.05, 0) is 18.8 Å². The van der Waals surface area contributed by atoms with E-state index in [1.54, 1.807) is 0 Å². The van der Waals surface area contributed by atoms with E-state index in [0.717, 1.165) is 25.2 Å². The lowest BCUT2D eigenvalue weighted by atomic mass is 9.64. The van der Waals surface area contributed by atoms with Crippen LogP contribution >= 0.6 is 0 Å². The average Bonchev–Trinajstić information content (AvgIpc) is 2.20. The van der Waals surface area contributed by atoms with Crippen molar-refractivity contribution in [2.45, 2.75) is 46.6 Å². The van der Waals surface area contributed by atoms with Gasteiger partial charge in [0.05, 0.1) is 0 Å². The Morgan fingerprint density at radius 3 is 2.14 bits per heavy atom. The Morgan fingerprint density at radius 1 is 1.21 bits per heavy atom. The zero-order valence-electron chi connectivity index (χ0n) is 10.1. The summed E-state index contributed by atoms with van der Waals surface area (Å²) in [4.78, 5) is 0. The van der Waals surface area contributed by atoms with E-state index >= 15 is 0 Å². The van der Waals surface area contributed by atoms with Crippen LogP contribution in [-0.4, -0.2) is 25.8 Å². The van der Waals surface area contributed by atoms with Crippen molar-refractivity contribution >= 4 is 0 Å². The van der Waals surface area contributed by atoms with Gasteiger partial charge in [-0.15, -0.1) is 0 Å². The minimum absolute atomic E-state index is 0.604. The first-order valence-electron chi connectivity index (χ1n) is 6.06. The first-order valence-corrected chi connectivity index (χ1v) is 6.06. The Morgan fingerprint density at radius 2 is 1.79 bits per heavy atom. The van der Waals surface area contributed by atoms with Gasteiger partial charge in [0, 0.05) is 31.2 Å². The predicted molar refractivity (Wildman–Crippen MR) is 60.5 cm³/mol. The van der Waals surface area contributed by atoms with Crippen molar-refractivity contribution < 1.29 is 4.74 Å². The van der Waals surface area contributed by atoms with Gasteiger partial charge in [0.2, 0.25) is 0 Å². The molecule has 2 aliphatic heterocycles. The van der Waals surface area contributed by atoms with Crippen LogP contribution in [0.15, 0.2) is 0 Å². The van der Waals surface area contributed by atoms with E-state index in [1.807, 2.05) is 13.8 Å². The molecule has 0 aromatic heterocycles. The van der Waals surface area contributed by atoms with E-state index in [9.17, 15) is 0 Å². The highest BCUT2D eigenvalue weighted by atomic mass is 16.5. The number of rotatable bonds is 1. The fraction of sp³-hybridized carbons (Fsp3) is 1.00. The molecule has 0 bridgehead atoms. The molecule has 84 valence electrons. The summed E-state index contributed by atoms with van der Waals surface area (Å²) < 4.78 is 5.40. The van der Waals surface area contributed by atoms with E-state index in [-0.39, 0.29) is 0 Å². The fourth-order valence-corrected chi connectivity index (χ4v) is 2.72. The van der Waals surface area contributed by atoms with Crippen LogP contribution in [0.3, 0.4) is 0 Å². The molecule has 2 heteroatoms. The monoisotopic (exact) mass is 199 g/mol. The van der Waals surface area contributed by atoms with Gasteiger partial charge in [-0.1, -0.05) is 27.7 Å². The summed E-state index contributed by atoms with van der Waals surface area (Å²) in [5, 5.41) is 3.55. The number of ether oxygens (including phenoxy) is 1. The number of hydrogen-bond donors (Lipinski definition) is 1. The van der Waals surface area contributed by atoms with E-state index in [4.69, 9.17) is 4.74 Å². The molecule has 0 aromatic rings. The van der Waals surface area contributed by atoms with E-state index in [2.05, 4.69) is 19.2 Å². The lowest BCUT2D eigenvalue weighted by Gasteiger charge is -2.54. The molecule has 0 saturated carbocycles. The average molecular weight is 199 g/mol. The molecule has 14 heavy (non-hydrogen) atoms. The van der Waals surface area contributed by atoms with Gasteiger partial charge in [-0.25, -0.2) is 0 Å². The number of nitrogens with one attached hydrogen (secondary N) is 1. The van der Waals surface area contributed by atoms with Crippen molar-refractivity contribution in [2.24, 2.45) is 11.3 Å². The van der Waals surface area contributed by atoms with Crippen molar-refractivity contribution in [3.63, 3.8) is 0 Å². The third-order valence-corrected chi connectivity index (χ3v) is 3.49. The van der Waals surface area contributed by atoms with Crippen molar-refractivity contribution in [3.8, 4) is 0 Å². The summed E-state index contributed by atoms with van der Waals surface area (Å²) in [7, 11) is 0. The zero-order chi connectivity index (χ0) is 10.6. The van der Waals surface area contributed by atoms with Crippen molar-refractivity contribution in [3.05, 3.63) is 0 Å². The highest BCUT2D eigenvalue weighted by molar-refractivity contribution is 5.03. The summed E-state index contributed by atoms with van der Waals surface area (Å²) in [5.74, 6) is 0.775. The summed E-state index contributed by atoms with van der Waals surface area (Å²) in [6, 6.07) is 0.751. The molecule has 0 amide bonds. The maximum absolute atomic E-state index is 5.40. The molecule has 0 radical (unpaired) electrons. The molecule has 2 fully saturated rings. The molecule has 2 aliphatic rings. The second-order valence-electron chi connectivity index (χ2n) is 4.58. The molecular weight excluding hydrogens is 174 g/mol. The first-order chi connectivity index (χ1) is 6.75. The van der Waals surface area contributed by atoms with Gasteiger partial charge < -0.3 is 10.1 Å². The van der Waals surface area contributed by atoms with Gasteiger partial charge in [-0.3, -0.25) is 0 Å². The molecule has 0 aromatic carbocycles. The Balaban J connectivity index is 0.000000461. The zero-order valence-corrected chi connectivity index (χ0v) is 10.1. The van der Waals surface area contributed by atoms with Gasteiger partial charge in [-0.2, -0.15) is 0 Å². The minimum Gasteiger partial charge on any atom is -0.381 e. The highest BCUT2D eigenvalue weighted by Crippen LogP contribution is 2.42. The minimum atomic E-state index is 0.604. The van der Waals surface area contributed by atoms with Crippen LogP contribution < -0.4 is 5.32 Å². The van der Waals surface area contributed by atoms with Crippen LogP contribution in [0, 0.1) is 11.3 Å². The van der Waals surface area contributed by atoms with Crippen molar-refractivity contribution in [2.75, 3.05) is 19.8 Å². The van der Waals surface area contributed by atoms with Crippen LogP contribution in [-0.2, 0) is 4.74 Å². The number of hydrogen-bond acceptors (Lipinski definition) is 2. The molecule has 1 atom stereocenters. The van der Waals surface area contributed by atoms with Crippen molar-refractivity contribution in [1.29, 1.82) is 0 Å². The van der Waals surface area contributed by atoms with Crippen LogP contribution in [0.5, 0.6) is 0 Å². The Hall–Kier alpha value is -0.0800. The van der Waals surface area contributed by atoms with Crippen molar-refractivity contribution in [1.82, 2.24) is 5.32 Å². The quantitative estimate of drug-likeness (QED) is 0.700. The Labute approximate surface area is 88.4 Å². The Kier molecular flexibility index (Phi) is 4.39. The Bertz CT molecular complexity index is 162. The van der Waals surface area contributed by atoms with E-state index in [1.165, 1.54) is 19.4 Å². The smallest absolute Gasteiger partial charge is 0.0472 e. The second-order valence-corrected chi connectivity index (χ2v) is 4.58. The standard InChI is InChI=1S/C10H19NO.C2H6/c1-8(2)9-10(7-11-9)3-5-12-6-4-10;1-2/h8-9,11H,3-7H2,1-2H3;1-2H3. The van der Waals surface area contributed by atoms with Gasteiger partial charge in [0.15, 0.2) is 0 Å². The van der Waals surface area contributed by atoms with Crippen LogP contribution in [0.4, 0.5) is 0 Å². The molecular formula is C12H25NO. The topological polar surface area (TPSA) is 21.3 Å². The van der Waals surface area contributed by atoms with Gasteiger partial charge in [0.1, 0.15) is 0 Å². The molecule has 1 unspecified atom stereocenters. The predicted octanol–water partition coefficient (Wildman–Crippen LogP) is 2.44. The lowest BCUT2D eigenvalue weighted by Crippen LogP contribution is -2.66. The van der Waals surface area contributed by atoms with Gasteiger partial charge in [0.25, 0.3) is 0 Å². The molecule has 1 N–H and O–H groups in total. The fourth-order valence-electron chi connectivity index (χ4n) is 2.72. The third-order valence-electron chi connectivity index (χ3n) is 3.49. The second kappa shape index (κ2) is 5.13. The molecule has 2 rings (SSSR count). The molecule has 2 nitrogen and oxygen atoms in total. The SMILES string of the molecule is CC.CC(C)C1NCC12CCOCC2. The van der Waals surface area contributed by atoms with Gasteiger partial charge >= 0.3 is 0 Å². The molecule has 2 heterocycles. The third kappa shape index (κ3) is 2.12.